The van der Waals surface area contributed by atoms with Crippen LogP contribution in [0, 0.1) is 0 Å². The fourth-order valence-electron chi connectivity index (χ4n) is 2.50. The Balaban J connectivity index is 2.04. The summed E-state index contributed by atoms with van der Waals surface area (Å²) >= 11 is 0. The molecule has 1 heterocycles. The predicted molar refractivity (Wildman–Crippen MR) is 66.6 cm³/mol. The Morgan fingerprint density at radius 1 is 1.50 bits per heavy atom. The monoisotopic (exact) mass is 222 g/mol. The van der Waals surface area contributed by atoms with Crippen LogP contribution < -0.4 is 0 Å². The lowest BCUT2D eigenvalue weighted by Gasteiger charge is -2.23. The quantitative estimate of drug-likeness (QED) is 0.733. The molecule has 1 aliphatic carbocycles. The maximum absolute atomic E-state index is 5.25. The van der Waals surface area contributed by atoms with Crippen LogP contribution in [0.3, 0.4) is 0 Å². The summed E-state index contributed by atoms with van der Waals surface area (Å²) < 4.78 is 5.25. The van der Waals surface area contributed by atoms with Crippen molar-refractivity contribution >= 4 is 5.71 Å². The molecule has 0 N–H and O–H groups in total. The summed E-state index contributed by atoms with van der Waals surface area (Å²) in [5.74, 6) is 0. The van der Waals surface area contributed by atoms with Crippen molar-refractivity contribution < 1.29 is 4.74 Å². The van der Waals surface area contributed by atoms with E-state index in [0.717, 1.165) is 19.6 Å². The summed E-state index contributed by atoms with van der Waals surface area (Å²) in [6.45, 7) is 4.07. The Hall–Kier alpha value is -0.830. The topological polar surface area (TPSA) is 24.8 Å². The maximum Gasteiger partial charge on any atom is 0.0704 e. The number of hydrazone groups is 1. The minimum Gasteiger partial charge on any atom is -0.382 e. The van der Waals surface area contributed by atoms with Gasteiger partial charge in [-0.25, -0.2) is 0 Å². The fourth-order valence-corrected chi connectivity index (χ4v) is 2.50. The Morgan fingerprint density at radius 3 is 3.12 bits per heavy atom. The van der Waals surface area contributed by atoms with Crippen molar-refractivity contribution in [3.63, 3.8) is 0 Å². The predicted octanol–water partition coefficient (Wildman–Crippen LogP) is 2.58. The van der Waals surface area contributed by atoms with Crippen molar-refractivity contribution in [1.82, 2.24) is 5.01 Å². The zero-order chi connectivity index (χ0) is 11.4. The molecule has 1 saturated heterocycles. The van der Waals surface area contributed by atoms with Gasteiger partial charge in [-0.3, -0.25) is 5.01 Å². The minimum absolute atomic E-state index is 0.493. The molecule has 16 heavy (non-hydrogen) atoms. The van der Waals surface area contributed by atoms with E-state index in [4.69, 9.17) is 9.84 Å². The minimum atomic E-state index is 0.493. The average Bonchev–Trinajstić information content (AvgIpc) is 2.70. The van der Waals surface area contributed by atoms with Gasteiger partial charge in [-0.1, -0.05) is 6.08 Å². The van der Waals surface area contributed by atoms with Gasteiger partial charge in [0.25, 0.3) is 0 Å². The first-order valence-corrected chi connectivity index (χ1v) is 6.31. The number of ether oxygens (including phenoxy) is 1. The standard InChI is InChI=1S/C13H22N2O/c1-11-6-3-4-8-13(11)14-15-9-5-7-12(15)10-16-2/h6,12H,3-5,7-10H2,1-2H3/b14-13+/t12-/m0/s1. The molecule has 0 spiro atoms. The number of allylic oxidation sites excluding steroid dienone is 2. The molecule has 0 aromatic heterocycles. The highest BCUT2D eigenvalue weighted by Crippen LogP contribution is 2.21. The summed E-state index contributed by atoms with van der Waals surface area (Å²) in [5.41, 5.74) is 2.66. The van der Waals surface area contributed by atoms with Crippen molar-refractivity contribution in [2.24, 2.45) is 5.10 Å². The summed E-state index contributed by atoms with van der Waals surface area (Å²) in [6, 6.07) is 0.493. The maximum atomic E-state index is 5.25. The number of hydrogen-bond acceptors (Lipinski definition) is 3. The van der Waals surface area contributed by atoms with E-state index in [1.807, 2.05) is 0 Å². The fraction of sp³-hybridized carbons (Fsp3) is 0.769. The first-order valence-electron chi connectivity index (χ1n) is 6.31. The van der Waals surface area contributed by atoms with Gasteiger partial charge in [-0.15, -0.1) is 0 Å². The van der Waals surface area contributed by atoms with Crippen LogP contribution in [-0.4, -0.2) is 37.0 Å². The van der Waals surface area contributed by atoms with Crippen LogP contribution in [0.15, 0.2) is 16.8 Å². The van der Waals surface area contributed by atoms with Crippen LogP contribution in [0.2, 0.25) is 0 Å². The molecule has 0 aromatic rings. The second-order valence-corrected chi connectivity index (χ2v) is 4.74. The third-order valence-electron chi connectivity index (χ3n) is 3.48. The van der Waals surface area contributed by atoms with E-state index in [-0.39, 0.29) is 0 Å². The Kier molecular flexibility index (Phi) is 3.99. The lowest BCUT2D eigenvalue weighted by atomic mass is 9.99. The van der Waals surface area contributed by atoms with Gasteiger partial charge >= 0.3 is 0 Å². The van der Waals surface area contributed by atoms with Gasteiger partial charge in [0.1, 0.15) is 0 Å². The van der Waals surface area contributed by atoms with Crippen LogP contribution >= 0.6 is 0 Å². The number of methoxy groups -OCH3 is 1. The number of hydrogen-bond donors (Lipinski definition) is 0. The second-order valence-electron chi connectivity index (χ2n) is 4.74. The van der Waals surface area contributed by atoms with Crippen LogP contribution in [0.1, 0.15) is 39.0 Å². The Bertz CT molecular complexity index is 296. The molecule has 0 unspecified atom stereocenters. The second kappa shape index (κ2) is 5.48. The van der Waals surface area contributed by atoms with Gasteiger partial charge in [0.15, 0.2) is 0 Å². The van der Waals surface area contributed by atoms with Gasteiger partial charge < -0.3 is 4.74 Å². The van der Waals surface area contributed by atoms with E-state index in [1.165, 1.54) is 37.0 Å². The van der Waals surface area contributed by atoms with Gasteiger partial charge in [0.2, 0.25) is 0 Å². The number of rotatable bonds is 3. The first-order chi connectivity index (χ1) is 7.81. The Morgan fingerprint density at radius 2 is 2.38 bits per heavy atom. The van der Waals surface area contributed by atoms with Gasteiger partial charge in [-0.2, -0.15) is 5.10 Å². The molecule has 0 aromatic carbocycles. The highest BCUT2D eigenvalue weighted by molar-refractivity contribution is 6.00. The lowest BCUT2D eigenvalue weighted by Crippen LogP contribution is -2.30. The van der Waals surface area contributed by atoms with Crippen LogP contribution in [0.5, 0.6) is 0 Å². The molecule has 0 bridgehead atoms. The van der Waals surface area contributed by atoms with Crippen molar-refractivity contribution in [2.75, 3.05) is 20.3 Å². The smallest absolute Gasteiger partial charge is 0.0704 e. The summed E-state index contributed by atoms with van der Waals surface area (Å²) in [7, 11) is 1.77. The third-order valence-corrected chi connectivity index (χ3v) is 3.48. The molecule has 0 amide bonds. The zero-order valence-electron chi connectivity index (χ0n) is 10.4. The van der Waals surface area contributed by atoms with Gasteiger partial charge in [-0.05, 0) is 44.6 Å². The highest BCUT2D eigenvalue weighted by Gasteiger charge is 2.23. The summed E-state index contributed by atoms with van der Waals surface area (Å²) in [6.07, 6.45) is 8.37. The van der Waals surface area contributed by atoms with Crippen LogP contribution in [0.4, 0.5) is 0 Å². The van der Waals surface area contributed by atoms with Gasteiger partial charge in [0, 0.05) is 13.7 Å². The molecule has 1 atom stereocenters. The Labute approximate surface area is 98.2 Å². The molecule has 90 valence electrons. The van der Waals surface area contributed by atoms with E-state index in [9.17, 15) is 0 Å². The molecule has 3 nitrogen and oxygen atoms in total. The van der Waals surface area contributed by atoms with Crippen molar-refractivity contribution in [3.8, 4) is 0 Å². The summed E-state index contributed by atoms with van der Waals surface area (Å²) in [5, 5.41) is 7.06. The SMILES string of the molecule is COC[C@@H]1CCCN1/N=C1\CCCC=C1C. The van der Waals surface area contributed by atoms with E-state index in [2.05, 4.69) is 18.0 Å². The molecule has 0 radical (unpaired) electrons. The first kappa shape index (κ1) is 11.6. The highest BCUT2D eigenvalue weighted by atomic mass is 16.5. The van der Waals surface area contributed by atoms with E-state index in [1.54, 1.807) is 7.11 Å². The average molecular weight is 222 g/mol. The largest absolute Gasteiger partial charge is 0.382 e. The van der Waals surface area contributed by atoms with E-state index in [0.29, 0.717) is 6.04 Å². The van der Waals surface area contributed by atoms with Crippen molar-refractivity contribution in [1.29, 1.82) is 0 Å². The molecule has 2 aliphatic rings. The van der Waals surface area contributed by atoms with E-state index >= 15 is 0 Å². The third kappa shape index (κ3) is 2.64. The zero-order valence-corrected chi connectivity index (χ0v) is 10.4. The normalized spacial score (nSPS) is 28.6. The molecule has 1 fully saturated rings. The molecule has 0 saturated carbocycles. The number of nitrogens with zero attached hydrogens (tertiary/aromatic N) is 2. The molecule has 1 aliphatic heterocycles. The van der Waals surface area contributed by atoms with Crippen LogP contribution in [-0.2, 0) is 4.74 Å². The van der Waals surface area contributed by atoms with Crippen molar-refractivity contribution in [3.05, 3.63) is 11.6 Å². The molecular formula is C13H22N2O. The lowest BCUT2D eigenvalue weighted by molar-refractivity contribution is 0.118. The molecule has 2 rings (SSSR count). The van der Waals surface area contributed by atoms with Crippen molar-refractivity contribution in [2.45, 2.75) is 45.1 Å². The molecular weight excluding hydrogens is 200 g/mol. The van der Waals surface area contributed by atoms with Gasteiger partial charge in [0.05, 0.1) is 18.4 Å². The summed E-state index contributed by atoms with van der Waals surface area (Å²) in [4.78, 5) is 0. The van der Waals surface area contributed by atoms with E-state index < -0.39 is 0 Å². The molecule has 3 heteroatoms. The van der Waals surface area contributed by atoms with Crippen LogP contribution in [0.25, 0.3) is 0 Å².